The lowest BCUT2D eigenvalue weighted by Gasteiger charge is -2.35. The van der Waals surface area contributed by atoms with Gasteiger partial charge in [-0.2, -0.15) is 4.98 Å². The molecule has 2 aliphatic rings. The number of fused-ring (bicyclic) bond motifs is 2. The largest absolute Gasteiger partial charge is 0.424 e. The molecule has 2 aromatic carbocycles. The number of nitrogens with zero attached hydrogens (tertiary/aromatic N) is 9. The van der Waals surface area contributed by atoms with Gasteiger partial charge in [0.2, 0.25) is 29.6 Å². The van der Waals surface area contributed by atoms with Crippen LogP contribution in [0.25, 0.3) is 11.1 Å². The Morgan fingerprint density at radius 1 is 0.824 bits per heavy atom. The molecule has 0 aliphatic carbocycles. The maximum absolute atomic E-state index is 13.0. The van der Waals surface area contributed by atoms with Crippen LogP contribution in [0.4, 0.5) is 23.6 Å². The number of oxazole rings is 1. The zero-order chi connectivity index (χ0) is 48.0. The van der Waals surface area contributed by atoms with Gasteiger partial charge < -0.3 is 61.1 Å². The van der Waals surface area contributed by atoms with Gasteiger partial charge in [0.1, 0.15) is 30.1 Å². The first-order valence-corrected chi connectivity index (χ1v) is 22.2. The highest BCUT2D eigenvalue weighted by molar-refractivity contribution is 6.17. The number of hydrogen-bond donors (Lipinski definition) is 7. The molecule has 1 saturated heterocycles. The van der Waals surface area contributed by atoms with E-state index in [0.29, 0.717) is 118 Å². The molecule has 360 valence electrons. The Kier molecular flexibility index (Phi) is 16.7. The van der Waals surface area contributed by atoms with E-state index < -0.39 is 12.5 Å². The molecular weight excluding hydrogens is 879 g/mol. The number of hydrogen-bond acceptors (Lipinski definition) is 19. The van der Waals surface area contributed by atoms with Crippen LogP contribution in [0.2, 0.25) is 0 Å². The Hall–Kier alpha value is -7.34. The van der Waals surface area contributed by atoms with E-state index in [1.165, 1.54) is 11.9 Å². The number of nitrogens with one attached hydrogen (secondary N) is 4. The summed E-state index contributed by atoms with van der Waals surface area (Å²) in [4.78, 5) is 78.4. The fourth-order valence-corrected chi connectivity index (χ4v) is 7.74. The van der Waals surface area contributed by atoms with E-state index >= 15 is 0 Å². The zero-order valence-corrected chi connectivity index (χ0v) is 37.9. The Bertz CT molecular complexity index is 2570. The van der Waals surface area contributed by atoms with E-state index in [-0.39, 0.29) is 67.9 Å². The molecule has 4 amide bonds. The maximum atomic E-state index is 13.0. The van der Waals surface area contributed by atoms with Crippen LogP contribution in [0.1, 0.15) is 39.8 Å². The molecule has 0 radical (unpaired) electrons. The lowest BCUT2D eigenvalue weighted by Crippen LogP contribution is -2.52. The molecule has 0 spiro atoms. The van der Waals surface area contributed by atoms with Crippen LogP contribution in [-0.2, 0) is 54.7 Å². The number of anilines is 4. The fraction of sp³-hybridized carbons (Fsp3) is 0.422. The average Bonchev–Trinajstić information content (AvgIpc) is 3.73. The number of likely N-dealkylation sites (N-methyl/N-ethyl adjacent to an activating group) is 1. The summed E-state index contributed by atoms with van der Waals surface area (Å²) in [6.45, 7) is 4.92. The first-order valence-electron chi connectivity index (χ1n) is 22.2. The molecule has 5 aromatic rings. The molecule has 9 N–H and O–H groups in total. The van der Waals surface area contributed by atoms with Gasteiger partial charge >= 0.3 is 0 Å². The van der Waals surface area contributed by atoms with Gasteiger partial charge in [-0.1, -0.05) is 18.2 Å². The fourth-order valence-electron chi connectivity index (χ4n) is 7.74. The highest BCUT2D eigenvalue weighted by Crippen LogP contribution is 2.26. The van der Waals surface area contributed by atoms with Crippen LogP contribution in [-0.4, -0.2) is 167 Å². The predicted octanol–water partition coefficient (Wildman–Crippen LogP) is -0.0862. The van der Waals surface area contributed by atoms with Crippen LogP contribution in [0, 0.1) is 5.41 Å². The molecule has 0 unspecified atom stereocenters. The molecule has 5 heterocycles. The summed E-state index contributed by atoms with van der Waals surface area (Å²) >= 11 is 0. The molecule has 23 heteroatoms. The molecular formula is C45H57N15O8. The third kappa shape index (κ3) is 13.2. The summed E-state index contributed by atoms with van der Waals surface area (Å²) in [7, 11) is 1.72. The van der Waals surface area contributed by atoms with Gasteiger partial charge in [0.15, 0.2) is 5.58 Å². The molecule has 68 heavy (non-hydrogen) atoms. The number of aromatic nitrogens is 5. The van der Waals surface area contributed by atoms with Crippen molar-refractivity contribution in [1.82, 2.24) is 50.3 Å². The van der Waals surface area contributed by atoms with Crippen LogP contribution in [0.15, 0.2) is 59.5 Å². The van der Waals surface area contributed by atoms with Crippen LogP contribution in [0.5, 0.6) is 0 Å². The summed E-state index contributed by atoms with van der Waals surface area (Å²) < 4.78 is 16.6. The Morgan fingerprint density at radius 3 is 2.38 bits per heavy atom. The van der Waals surface area contributed by atoms with Crippen LogP contribution < -0.4 is 32.3 Å². The summed E-state index contributed by atoms with van der Waals surface area (Å²) in [5.41, 5.74) is 18.0. The van der Waals surface area contributed by atoms with Crippen LogP contribution in [0.3, 0.4) is 0 Å². The maximum Gasteiger partial charge on any atom is 0.292 e. The molecule has 7 rings (SSSR count). The lowest BCUT2D eigenvalue weighted by atomic mass is 9.97. The van der Waals surface area contributed by atoms with Gasteiger partial charge in [0.05, 0.1) is 57.2 Å². The highest BCUT2D eigenvalue weighted by atomic mass is 16.5. The number of nitrogen functional groups attached to an aromatic ring is 2. The van der Waals surface area contributed by atoms with Gasteiger partial charge in [-0.3, -0.25) is 29.5 Å². The molecule has 0 saturated carbocycles. The number of carbonyl (C=O) groups excluding carboxylic acids is 4. The molecule has 23 nitrogen and oxygen atoms in total. The summed E-state index contributed by atoms with van der Waals surface area (Å²) in [5.74, 6) is 0.371. The molecule has 0 atom stereocenters. The number of rotatable bonds is 22. The number of aliphatic hydroxyl groups is 1. The second-order valence-electron chi connectivity index (χ2n) is 16.3. The standard InChI is InChI=1S/C45H57N15O8/c1-57(26-39(65)58-10-12-59(13-11-58)45-52-22-30(23-53-45)21-50-37(63)27-61)25-36(62)49-8-15-67-17-16-66-14-7-38(64)60-9-6-31-18-29(2-3-33(31)24-60)20-51-43-40(42(47)54-28-55-43)41(46)32-4-5-35-34(19-32)56-44(48)68-35/h2-5,18-19,22-23,28,46,61H,6-17,20-21,24-27H2,1H3,(H2,48,56)(H,49,62)(H,50,63)(H3,47,51,54,55). The Morgan fingerprint density at radius 2 is 1.60 bits per heavy atom. The van der Waals surface area contributed by atoms with Gasteiger partial charge in [-0.25, -0.2) is 19.9 Å². The van der Waals surface area contributed by atoms with Crippen molar-refractivity contribution in [1.29, 1.82) is 5.41 Å². The van der Waals surface area contributed by atoms with E-state index in [2.05, 4.69) is 46.9 Å². The molecule has 2 aliphatic heterocycles. The van der Waals surface area contributed by atoms with Crippen molar-refractivity contribution in [2.45, 2.75) is 32.5 Å². The number of piperazine rings is 1. The Balaban J connectivity index is 0.723. The van der Waals surface area contributed by atoms with E-state index in [0.717, 1.165) is 11.1 Å². The molecule has 0 bridgehead atoms. The SMILES string of the molecule is CN(CC(=O)NCCOCCOCCC(=O)N1CCc2cc(CNc3ncnc(N)c3C(=N)c3ccc4oc(N)nc4c3)ccc2C1)CC(=O)N1CCN(c2ncc(CNC(=O)CO)cn2)CC1. The minimum atomic E-state index is -0.581. The number of aliphatic hydroxyl groups excluding tert-OH is 1. The summed E-state index contributed by atoms with van der Waals surface area (Å²) in [6.07, 6.45) is 5.56. The van der Waals surface area contributed by atoms with Crippen molar-refractivity contribution in [2.24, 2.45) is 0 Å². The normalized spacial score (nSPS) is 13.7. The van der Waals surface area contributed by atoms with Crippen molar-refractivity contribution in [3.63, 3.8) is 0 Å². The quantitative estimate of drug-likeness (QED) is 0.0352. The number of amides is 4. The van der Waals surface area contributed by atoms with Crippen molar-refractivity contribution < 1.29 is 38.2 Å². The van der Waals surface area contributed by atoms with E-state index in [1.54, 1.807) is 47.4 Å². The van der Waals surface area contributed by atoms with Gasteiger partial charge in [0.25, 0.3) is 6.01 Å². The number of nitrogens with two attached hydrogens (primary N) is 2. The summed E-state index contributed by atoms with van der Waals surface area (Å²) in [5, 5.41) is 26.4. The second kappa shape index (κ2) is 23.4. The molecule has 3 aromatic heterocycles. The van der Waals surface area contributed by atoms with Gasteiger partial charge in [0, 0.05) is 82.4 Å². The second-order valence-corrected chi connectivity index (χ2v) is 16.3. The minimum absolute atomic E-state index is 0.0147. The predicted molar refractivity (Wildman–Crippen MR) is 250 cm³/mol. The lowest BCUT2D eigenvalue weighted by molar-refractivity contribution is -0.134. The van der Waals surface area contributed by atoms with E-state index in [1.807, 2.05) is 21.9 Å². The number of benzene rings is 2. The van der Waals surface area contributed by atoms with Crippen molar-refractivity contribution >= 4 is 64.0 Å². The third-order valence-corrected chi connectivity index (χ3v) is 11.4. The zero-order valence-electron chi connectivity index (χ0n) is 37.9. The topological polar surface area (TPSA) is 310 Å². The number of ether oxygens (including phenoxy) is 2. The van der Waals surface area contributed by atoms with Crippen molar-refractivity contribution in [2.75, 3.05) is 114 Å². The van der Waals surface area contributed by atoms with E-state index in [4.69, 9.17) is 35.9 Å². The summed E-state index contributed by atoms with van der Waals surface area (Å²) in [6, 6.07) is 11.4. The first kappa shape index (κ1) is 48.6. The third-order valence-electron chi connectivity index (χ3n) is 11.4. The smallest absolute Gasteiger partial charge is 0.292 e. The van der Waals surface area contributed by atoms with E-state index in [9.17, 15) is 19.2 Å². The monoisotopic (exact) mass is 935 g/mol. The Labute approximate surface area is 392 Å². The van der Waals surface area contributed by atoms with Crippen molar-refractivity contribution in [3.8, 4) is 0 Å². The van der Waals surface area contributed by atoms with Crippen LogP contribution >= 0.6 is 0 Å². The first-order chi connectivity index (χ1) is 32.9. The average molecular weight is 936 g/mol. The molecule has 1 fully saturated rings. The van der Waals surface area contributed by atoms with Crippen molar-refractivity contribution in [3.05, 3.63) is 88.5 Å². The number of carbonyl (C=O) groups is 4. The highest BCUT2D eigenvalue weighted by Gasteiger charge is 2.25. The van der Waals surface area contributed by atoms with Gasteiger partial charge in [-0.15, -0.1) is 0 Å². The minimum Gasteiger partial charge on any atom is -0.424 e. The van der Waals surface area contributed by atoms with Gasteiger partial charge in [-0.05, 0) is 48.4 Å².